The van der Waals surface area contributed by atoms with Crippen LogP contribution in [0.1, 0.15) is 5.56 Å². The molecule has 0 saturated carbocycles. The summed E-state index contributed by atoms with van der Waals surface area (Å²) in [5, 5.41) is 4.20. The molecule has 1 aromatic heterocycles. The fourth-order valence-electron chi connectivity index (χ4n) is 3.17. The zero-order valence-electron chi connectivity index (χ0n) is 14.5. The first kappa shape index (κ1) is 17.1. The number of benzene rings is 3. The van der Waals surface area contributed by atoms with E-state index in [9.17, 15) is 0 Å². The molecule has 0 N–H and O–H groups in total. The lowest BCUT2D eigenvalue weighted by molar-refractivity contribution is 1.51. The predicted molar refractivity (Wildman–Crippen MR) is 124 cm³/mol. The first-order valence-electron chi connectivity index (χ1n) is 8.33. The molecule has 1 nitrogen and oxygen atoms in total. The highest BCUT2D eigenvalue weighted by atomic mass is 127. The summed E-state index contributed by atoms with van der Waals surface area (Å²) in [4.78, 5) is 0. The van der Waals surface area contributed by atoms with Gasteiger partial charge in [-0.25, -0.2) is 0 Å². The Hall–Kier alpha value is -1.37. The fraction of sp³-hybridized carbons (Fsp3) is 0.143. The second kappa shape index (κ2) is 6.74. The van der Waals surface area contributed by atoms with Gasteiger partial charge in [0.2, 0.25) is 0 Å². The number of hydrogen-bond acceptors (Lipinski definition) is 2. The minimum absolute atomic E-state index is 0.393. The van der Waals surface area contributed by atoms with E-state index in [4.69, 9.17) is 0 Å². The van der Waals surface area contributed by atoms with Gasteiger partial charge in [-0.05, 0) is 30.7 Å². The lowest BCUT2D eigenvalue weighted by Gasteiger charge is -2.18. The lowest BCUT2D eigenvalue weighted by atomic mass is 10.1. The van der Waals surface area contributed by atoms with Crippen LogP contribution in [0.25, 0.3) is 20.2 Å². The summed E-state index contributed by atoms with van der Waals surface area (Å²) in [5.74, 6) is 0. The first-order chi connectivity index (χ1) is 12.1. The van der Waals surface area contributed by atoms with Crippen LogP contribution in [0.3, 0.4) is 0 Å². The van der Waals surface area contributed by atoms with Crippen molar-refractivity contribution in [1.29, 1.82) is 0 Å². The number of fused-ring (bicyclic) bond motifs is 3. The number of rotatable bonds is 3. The highest BCUT2D eigenvalue weighted by Crippen LogP contribution is 2.43. The SMILES string of the molecule is Cc1cccc2c1sc1c(N(I)c3ccc([Si](C)C)cc3)cccc12. The minimum atomic E-state index is -0.393. The second-order valence-corrected chi connectivity index (χ2v) is 11.1. The summed E-state index contributed by atoms with van der Waals surface area (Å²) in [5.41, 5.74) is 3.86. The Kier molecular flexibility index (Phi) is 4.60. The molecular formula is C21H19INSSi. The number of aryl methyl sites for hydroxylation is 1. The normalized spacial score (nSPS) is 11.6. The van der Waals surface area contributed by atoms with Crippen LogP contribution in [0.4, 0.5) is 11.4 Å². The third kappa shape index (κ3) is 3.00. The summed E-state index contributed by atoms with van der Waals surface area (Å²) in [7, 11) is -0.393. The topological polar surface area (TPSA) is 3.24 Å². The molecule has 0 spiro atoms. The molecule has 0 aliphatic carbocycles. The molecule has 4 rings (SSSR count). The average molecular weight is 472 g/mol. The Morgan fingerprint density at radius 2 is 1.48 bits per heavy atom. The quantitative estimate of drug-likeness (QED) is 0.180. The van der Waals surface area contributed by atoms with Gasteiger partial charge in [0.1, 0.15) is 0 Å². The maximum atomic E-state index is 2.43. The molecule has 4 heteroatoms. The summed E-state index contributed by atoms with van der Waals surface area (Å²) < 4.78 is 5.04. The Labute approximate surface area is 168 Å². The molecule has 0 amide bonds. The van der Waals surface area contributed by atoms with Gasteiger partial charge >= 0.3 is 0 Å². The molecule has 3 aromatic carbocycles. The number of halogens is 1. The molecule has 0 aliphatic rings. The van der Waals surface area contributed by atoms with Crippen LogP contribution in [0.2, 0.25) is 13.1 Å². The molecule has 0 unspecified atom stereocenters. The molecule has 0 bridgehead atoms. The van der Waals surface area contributed by atoms with Crippen molar-refractivity contribution in [3.8, 4) is 0 Å². The monoisotopic (exact) mass is 472 g/mol. The highest BCUT2D eigenvalue weighted by Gasteiger charge is 2.15. The summed E-state index contributed by atoms with van der Waals surface area (Å²) >= 11 is 4.34. The highest BCUT2D eigenvalue weighted by molar-refractivity contribution is 14.1. The van der Waals surface area contributed by atoms with E-state index in [1.54, 1.807) is 0 Å². The maximum Gasteiger partial charge on any atom is 0.0791 e. The third-order valence-electron chi connectivity index (χ3n) is 4.58. The van der Waals surface area contributed by atoms with Crippen molar-refractivity contribution < 1.29 is 0 Å². The van der Waals surface area contributed by atoms with E-state index in [1.807, 2.05) is 11.3 Å². The van der Waals surface area contributed by atoms with E-state index in [1.165, 1.54) is 42.3 Å². The van der Waals surface area contributed by atoms with E-state index in [0.29, 0.717) is 0 Å². The van der Waals surface area contributed by atoms with Crippen molar-refractivity contribution in [3.63, 3.8) is 0 Å². The van der Waals surface area contributed by atoms with Crippen molar-refractivity contribution in [2.45, 2.75) is 20.0 Å². The summed E-state index contributed by atoms with van der Waals surface area (Å²) in [6.07, 6.45) is 0. The van der Waals surface area contributed by atoms with Gasteiger partial charge < -0.3 is 0 Å². The van der Waals surface area contributed by atoms with E-state index in [0.717, 1.165) is 0 Å². The van der Waals surface area contributed by atoms with Gasteiger partial charge in [0, 0.05) is 15.5 Å². The zero-order chi connectivity index (χ0) is 17.6. The van der Waals surface area contributed by atoms with Crippen molar-refractivity contribution in [2.24, 2.45) is 0 Å². The van der Waals surface area contributed by atoms with Gasteiger partial charge in [-0.3, -0.25) is 3.11 Å². The molecule has 125 valence electrons. The molecule has 0 atom stereocenters. The van der Waals surface area contributed by atoms with E-state index < -0.39 is 8.80 Å². The Balaban J connectivity index is 1.85. The van der Waals surface area contributed by atoms with Gasteiger partial charge in [-0.15, -0.1) is 11.3 Å². The largest absolute Gasteiger partial charge is 0.282 e. The minimum Gasteiger partial charge on any atom is -0.282 e. The number of nitrogens with zero attached hydrogens (tertiary/aromatic N) is 1. The van der Waals surface area contributed by atoms with Gasteiger partial charge in [-0.1, -0.05) is 60.7 Å². The van der Waals surface area contributed by atoms with E-state index in [2.05, 4.69) is 107 Å². The van der Waals surface area contributed by atoms with E-state index >= 15 is 0 Å². The van der Waals surface area contributed by atoms with Gasteiger partial charge in [0.05, 0.1) is 47.7 Å². The van der Waals surface area contributed by atoms with Gasteiger partial charge in [-0.2, -0.15) is 0 Å². The van der Waals surface area contributed by atoms with Crippen molar-refractivity contribution in [2.75, 3.05) is 3.11 Å². The number of thiophene rings is 1. The number of anilines is 2. The Morgan fingerprint density at radius 1 is 0.840 bits per heavy atom. The fourth-order valence-corrected chi connectivity index (χ4v) is 6.16. The third-order valence-corrected chi connectivity index (χ3v) is 8.53. The van der Waals surface area contributed by atoms with Crippen LogP contribution < -0.4 is 8.30 Å². The van der Waals surface area contributed by atoms with Crippen molar-refractivity contribution in [1.82, 2.24) is 0 Å². The Bertz CT molecular complexity index is 1050. The standard InChI is InChI=1S/C21H19INSSi/c1-14-6-4-7-17-18-8-5-9-19(21(18)24-20(14)17)23(22)15-10-12-16(13-11-15)25(2)3/h4-13H,1-3H3. The molecule has 1 heterocycles. The maximum absolute atomic E-state index is 2.43. The van der Waals surface area contributed by atoms with Crippen LogP contribution >= 0.6 is 34.2 Å². The summed E-state index contributed by atoms with van der Waals surface area (Å²) in [6.45, 7) is 6.87. The van der Waals surface area contributed by atoms with E-state index in [-0.39, 0.29) is 0 Å². The molecule has 4 aromatic rings. The number of hydrogen-bond donors (Lipinski definition) is 0. The van der Waals surface area contributed by atoms with Crippen molar-refractivity contribution >= 4 is 79.7 Å². The molecule has 0 saturated heterocycles. The van der Waals surface area contributed by atoms with Gasteiger partial charge in [0.15, 0.2) is 0 Å². The Morgan fingerprint density at radius 3 is 2.16 bits per heavy atom. The summed E-state index contributed by atoms with van der Waals surface area (Å²) in [6, 6.07) is 22.3. The molecule has 0 fully saturated rings. The van der Waals surface area contributed by atoms with Crippen LogP contribution in [-0.2, 0) is 0 Å². The van der Waals surface area contributed by atoms with Crippen LogP contribution in [0, 0.1) is 6.92 Å². The molecule has 25 heavy (non-hydrogen) atoms. The second-order valence-electron chi connectivity index (χ2n) is 6.54. The lowest BCUT2D eigenvalue weighted by Crippen LogP contribution is -2.22. The predicted octanol–water partition coefficient (Wildman–Crippen LogP) is 6.81. The van der Waals surface area contributed by atoms with Crippen molar-refractivity contribution in [3.05, 3.63) is 66.2 Å². The molecular weight excluding hydrogens is 453 g/mol. The zero-order valence-corrected chi connectivity index (χ0v) is 18.5. The molecule has 1 radical (unpaired) electrons. The first-order valence-corrected chi connectivity index (χ1v) is 12.6. The van der Waals surface area contributed by atoms with Crippen LogP contribution in [-0.4, -0.2) is 8.80 Å². The van der Waals surface area contributed by atoms with Gasteiger partial charge in [0.25, 0.3) is 0 Å². The van der Waals surface area contributed by atoms with Crippen LogP contribution in [0.15, 0.2) is 60.7 Å². The molecule has 0 aliphatic heterocycles. The smallest absolute Gasteiger partial charge is 0.0791 e. The van der Waals surface area contributed by atoms with Crippen LogP contribution in [0.5, 0.6) is 0 Å². The average Bonchev–Trinajstić information content (AvgIpc) is 3.01.